The van der Waals surface area contributed by atoms with E-state index in [9.17, 15) is 0 Å². The first-order valence-electron chi connectivity index (χ1n) is 12.4. The van der Waals surface area contributed by atoms with Gasteiger partial charge in [0.05, 0.1) is 17.6 Å². The number of hydrogen-bond donors (Lipinski definition) is 2. The molecule has 2 fully saturated rings. The summed E-state index contributed by atoms with van der Waals surface area (Å²) < 4.78 is 14.8. The van der Waals surface area contributed by atoms with Gasteiger partial charge in [-0.15, -0.1) is 0 Å². The molecule has 0 bridgehead atoms. The van der Waals surface area contributed by atoms with Crippen LogP contribution in [0.4, 0.5) is 5.82 Å². The van der Waals surface area contributed by atoms with E-state index in [-0.39, 0.29) is 6.10 Å². The third-order valence-corrected chi connectivity index (χ3v) is 7.40. The highest BCUT2D eigenvalue weighted by molar-refractivity contribution is 5.97. The van der Waals surface area contributed by atoms with Crippen molar-refractivity contribution >= 4 is 16.8 Å². The van der Waals surface area contributed by atoms with E-state index in [1.54, 1.807) is 12.5 Å². The molecule has 1 aromatic carbocycles. The van der Waals surface area contributed by atoms with Crippen molar-refractivity contribution in [3.05, 3.63) is 60.7 Å². The molecule has 1 aliphatic carbocycles. The molecule has 6 rings (SSSR count). The van der Waals surface area contributed by atoms with Crippen LogP contribution in [0, 0.1) is 0 Å². The van der Waals surface area contributed by atoms with E-state index >= 15 is 0 Å². The molecule has 3 N–H and O–H groups in total. The van der Waals surface area contributed by atoms with E-state index in [0.29, 0.717) is 29.1 Å². The quantitative estimate of drug-likeness (QED) is 0.422. The Kier molecular flexibility index (Phi) is 5.71. The average Bonchev–Trinajstić information content (AvgIpc) is 3.55. The fourth-order valence-electron chi connectivity index (χ4n) is 5.54. The minimum Gasteiger partial charge on any atom is -0.482 e. The molecule has 0 unspecified atom stereocenters. The van der Waals surface area contributed by atoms with Crippen LogP contribution in [-0.2, 0) is 0 Å². The number of hydrogen-bond acceptors (Lipinski definition) is 6. The minimum atomic E-state index is 0.0436. The summed E-state index contributed by atoms with van der Waals surface area (Å²) in [6.07, 6.45) is 14.3. The summed E-state index contributed by atoms with van der Waals surface area (Å²) in [4.78, 5) is 4.48. The van der Waals surface area contributed by atoms with Crippen LogP contribution >= 0.6 is 0 Å². The van der Waals surface area contributed by atoms with Crippen molar-refractivity contribution in [3.8, 4) is 16.9 Å². The number of nitrogen functional groups attached to an aromatic ring is 1. The van der Waals surface area contributed by atoms with E-state index in [1.807, 2.05) is 6.20 Å². The number of furan rings is 1. The fourth-order valence-corrected chi connectivity index (χ4v) is 5.54. The number of anilines is 1. The van der Waals surface area contributed by atoms with Crippen LogP contribution in [0.25, 0.3) is 22.1 Å². The topological polar surface area (TPSA) is 91.1 Å². The van der Waals surface area contributed by atoms with Crippen LogP contribution in [0.3, 0.4) is 0 Å². The minimum absolute atomic E-state index is 0.0436. The SMILES string of the molecule is Nc1ncc2c(-c3cnn(C4CCNCC4)c3)coc2c1O[C@H]1CCCC[C@H]1c1ccccc1. The lowest BCUT2D eigenvalue weighted by atomic mass is 9.81. The Morgan fingerprint density at radius 3 is 2.71 bits per heavy atom. The highest BCUT2D eigenvalue weighted by Gasteiger charge is 2.30. The summed E-state index contributed by atoms with van der Waals surface area (Å²) >= 11 is 0. The predicted molar refractivity (Wildman–Crippen MR) is 133 cm³/mol. The van der Waals surface area contributed by atoms with Crippen molar-refractivity contribution in [1.29, 1.82) is 0 Å². The zero-order valence-electron chi connectivity index (χ0n) is 19.3. The van der Waals surface area contributed by atoms with Gasteiger partial charge in [0.1, 0.15) is 12.4 Å². The van der Waals surface area contributed by atoms with Crippen LogP contribution < -0.4 is 15.8 Å². The lowest BCUT2D eigenvalue weighted by molar-refractivity contribution is 0.131. The average molecular weight is 458 g/mol. The maximum atomic E-state index is 6.61. The normalized spacial score (nSPS) is 21.6. The van der Waals surface area contributed by atoms with Crippen molar-refractivity contribution in [2.45, 2.75) is 56.6 Å². The summed E-state index contributed by atoms with van der Waals surface area (Å²) in [5.74, 6) is 1.26. The molecule has 4 aromatic rings. The molecule has 3 aromatic heterocycles. The molecule has 34 heavy (non-hydrogen) atoms. The van der Waals surface area contributed by atoms with Crippen molar-refractivity contribution < 1.29 is 9.15 Å². The zero-order valence-corrected chi connectivity index (χ0v) is 19.3. The molecular weight excluding hydrogens is 426 g/mol. The first kappa shape index (κ1) is 21.2. The van der Waals surface area contributed by atoms with Gasteiger partial charge in [-0.2, -0.15) is 5.10 Å². The largest absolute Gasteiger partial charge is 0.482 e. The van der Waals surface area contributed by atoms with Crippen LogP contribution in [0.2, 0.25) is 0 Å². The molecule has 2 aliphatic rings. The summed E-state index contributed by atoms with van der Waals surface area (Å²) in [5, 5.41) is 8.97. The maximum Gasteiger partial charge on any atom is 0.205 e. The second-order valence-electron chi connectivity index (χ2n) is 9.51. The van der Waals surface area contributed by atoms with Crippen molar-refractivity contribution in [3.63, 3.8) is 0 Å². The molecule has 7 heteroatoms. The van der Waals surface area contributed by atoms with Gasteiger partial charge in [-0.05, 0) is 50.8 Å². The molecule has 1 aliphatic heterocycles. The number of ether oxygens (including phenoxy) is 1. The first-order chi connectivity index (χ1) is 16.8. The Balaban J connectivity index is 1.31. The number of piperidine rings is 1. The summed E-state index contributed by atoms with van der Waals surface area (Å²) in [6, 6.07) is 11.1. The van der Waals surface area contributed by atoms with Gasteiger partial charge in [0.25, 0.3) is 0 Å². The van der Waals surface area contributed by atoms with Gasteiger partial charge in [-0.25, -0.2) is 4.98 Å². The van der Waals surface area contributed by atoms with Crippen molar-refractivity contribution in [1.82, 2.24) is 20.1 Å². The number of rotatable bonds is 5. The number of aromatic nitrogens is 3. The summed E-state index contributed by atoms with van der Waals surface area (Å²) in [5.41, 5.74) is 10.3. The van der Waals surface area contributed by atoms with Gasteiger partial charge in [-0.1, -0.05) is 36.8 Å². The van der Waals surface area contributed by atoms with E-state index in [0.717, 1.165) is 61.7 Å². The molecule has 176 valence electrons. The van der Waals surface area contributed by atoms with E-state index in [2.05, 4.69) is 56.6 Å². The number of nitrogens with two attached hydrogens (primary N) is 1. The second kappa shape index (κ2) is 9.14. The number of nitrogens with one attached hydrogen (secondary N) is 1. The standard InChI is InChI=1S/C27H31N5O2/c28-27-26(34-24-9-5-4-8-21(24)18-6-2-1-3-7-18)25-22(15-30-27)23(17-33-25)19-14-31-32(16-19)20-10-12-29-13-11-20/h1-3,6-7,14-17,20-21,24,29H,4-5,8-13H2,(H2,28,30)/t21-,24-/m0/s1. The molecule has 1 saturated heterocycles. The van der Waals surface area contributed by atoms with Crippen LogP contribution in [0.15, 0.2) is 59.6 Å². The highest BCUT2D eigenvalue weighted by atomic mass is 16.5. The third kappa shape index (κ3) is 3.94. The van der Waals surface area contributed by atoms with Crippen molar-refractivity contribution in [2.75, 3.05) is 18.8 Å². The van der Waals surface area contributed by atoms with Crippen LogP contribution in [0.5, 0.6) is 5.75 Å². The molecule has 4 heterocycles. The predicted octanol–water partition coefficient (Wildman–Crippen LogP) is 5.30. The Morgan fingerprint density at radius 2 is 1.85 bits per heavy atom. The molecule has 0 amide bonds. The van der Waals surface area contributed by atoms with E-state index in [1.165, 1.54) is 12.0 Å². The van der Waals surface area contributed by atoms with Gasteiger partial charge < -0.3 is 20.2 Å². The highest BCUT2D eigenvalue weighted by Crippen LogP contribution is 2.42. The van der Waals surface area contributed by atoms with Crippen molar-refractivity contribution in [2.24, 2.45) is 0 Å². The Bertz CT molecular complexity index is 1260. The smallest absolute Gasteiger partial charge is 0.205 e. The number of nitrogens with zero attached hydrogens (tertiary/aromatic N) is 3. The van der Waals surface area contributed by atoms with Gasteiger partial charge in [0.15, 0.2) is 11.4 Å². The first-order valence-corrected chi connectivity index (χ1v) is 12.4. The molecule has 7 nitrogen and oxygen atoms in total. The zero-order chi connectivity index (χ0) is 22.9. The van der Waals surface area contributed by atoms with Gasteiger partial charge in [-0.3, -0.25) is 4.68 Å². The Labute approximate surface area is 199 Å². The summed E-state index contributed by atoms with van der Waals surface area (Å²) in [6.45, 7) is 2.06. The maximum absolute atomic E-state index is 6.61. The molecule has 2 atom stereocenters. The number of benzene rings is 1. The third-order valence-electron chi connectivity index (χ3n) is 7.40. The monoisotopic (exact) mass is 457 g/mol. The molecule has 1 saturated carbocycles. The lowest BCUT2D eigenvalue weighted by Crippen LogP contribution is -2.29. The molecular formula is C27H31N5O2. The van der Waals surface area contributed by atoms with E-state index < -0.39 is 0 Å². The number of pyridine rings is 1. The Morgan fingerprint density at radius 1 is 1.03 bits per heavy atom. The van der Waals surface area contributed by atoms with Crippen LogP contribution in [-0.4, -0.2) is 34.0 Å². The summed E-state index contributed by atoms with van der Waals surface area (Å²) in [7, 11) is 0. The van der Waals surface area contributed by atoms with Gasteiger partial charge >= 0.3 is 0 Å². The van der Waals surface area contributed by atoms with Gasteiger partial charge in [0.2, 0.25) is 5.75 Å². The molecule has 0 radical (unpaired) electrons. The lowest BCUT2D eigenvalue weighted by Gasteiger charge is -2.32. The molecule has 0 spiro atoms. The van der Waals surface area contributed by atoms with E-state index in [4.69, 9.17) is 14.9 Å². The van der Waals surface area contributed by atoms with Crippen LogP contribution in [0.1, 0.15) is 56.0 Å². The Hall–Kier alpha value is -3.32. The van der Waals surface area contributed by atoms with Gasteiger partial charge in [0, 0.05) is 29.4 Å². The second-order valence-corrected chi connectivity index (χ2v) is 9.51. The fraction of sp³-hybridized carbons (Fsp3) is 0.407. The number of fused-ring (bicyclic) bond motifs is 1.